The third-order valence-electron chi connectivity index (χ3n) is 3.80. The zero-order chi connectivity index (χ0) is 17.0. The van der Waals surface area contributed by atoms with Gasteiger partial charge in [0.1, 0.15) is 5.75 Å². The lowest BCUT2D eigenvalue weighted by molar-refractivity contribution is -0.655. The van der Waals surface area contributed by atoms with Gasteiger partial charge >= 0.3 is 0 Å². The molecule has 7 heteroatoms. The SMILES string of the molecule is CC(=O)C1=C(O)C(=O)N(CC[NH2+]CCO)[C@H]1c1ccc(O)cc1. The molecule has 0 radical (unpaired) electrons. The monoisotopic (exact) mass is 321 g/mol. The molecule has 5 N–H and O–H groups in total. The number of Topliss-reactive ketones (excluding diaryl/α,β-unsaturated/α-hetero) is 1. The molecule has 2 rings (SSSR count). The van der Waals surface area contributed by atoms with Gasteiger partial charge in [0.2, 0.25) is 0 Å². The molecule has 124 valence electrons. The number of rotatable bonds is 7. The van der Waals surface area contributed by atoms with E-state index < -0.39 is 17.7 Å². The van der Waals surface area contributed by atoms with E-state index in [2.05, 4.69) is 0 Å². The average Bonchev–Trinajstić information content (AvgIpc) is 2.77. The Morgan fingerprint density at radius 1 is 1.22 bits per heavy atom. The van der Waals surface area contributed by atoms with Crippen molar-refractivity contribution in [3.8, 4) is 5.75 Å². The number of hydrogen-bond acceptors (Lipinski definition) is 5. The van der Waals surface area contributed by atoms with Crippen molar-refractivity contribution < 1.29 is 30.2 Å². The first-order valence-electron chi connectivity index (χ1n) is 7.43. The van der Waals surface area contributed by atoms with Crippen LogP contribution < -0.4 is 5.32 Å². The van der Waals surface area contributed by atoms with Crippen LogP contribution in [-0.4, -0.2) is 58.2 Å². The lowest BCUT2D eigenvalue weighted by Crippen LogP contribution is -2.86. The summed E-state index contributed by atoms with van der Waals surface area (Å²) in [5.41, 5.74) is 0.718. The van der Waals surface area contributed by atoms with Gasteiger partial charge in [-0.05, 0) is 24.6 Å². The summed E-state index contributed by atoms with van der Waals surface area (Å²) in [6, 6.07) is 5.54. The topological polar surface area (TPSA) is 115 Å². The third-order valence-corrected chi connectivity index (χ3v) is 3.80. The molecule has 0 aliphatic carbocycles. The number of aliphatic hydroxyl groups is 2. The minimum Gasteiger partial charge on any atom is -0.508 e. The quantitative estimate of drug-likeness (QED) is 0.493. The van der Waals surface area contributed by atoms with Gasteiger partial charge in [0.15, 0.2) is 11.5 Å². The maximum atomic E-state index is 12.3. The van der Waals surface area contributed by atoms with Crippen molar-refractivity contribution in [1.82, 2.24) is 4.90 Å². The van der Waals surface area contributed by atoms with E-state index in [0.29, 0.717) is 25.2 Å². The first-order chi connectivity index (χ1) is 11.0. The maximum absolute atomic E-state index is 12.3. The van der Waals surface area contributed by atoms with Crippen LogP contribution in [0.15, 0.2) is 35.6 Å². The number of nitrogens with two attached hydrogens (primary N) is 1. The highest BCUT2D eigenvalue weighted by Crippen LogP contribution is 2.37. The number of phenols is 1. The molecule has 0 spiro atoms. The summed E-state index contributed by atoms with van der Waals surface area (Å²) < 4.78 is 0. The Morgan fingerprint density at radius 2 is 1.87 bits per heavy atom. The van der Waals surface area contributed by atoms with Crippen LogP contribution in [0.2, 0.25) is 0 Å². The van der Waals surface area contributed by atoms with Crippen molar-refractivity contribution in [1.29, 1.82) is 0 Å². The molecule has 0 unspecified atom stereocenters. The van der Waals surface area contributed by atoms with Crippen molar-refractivity contribution in [3.05, 3.63) is 41.2 Å². The molecule has 0 saturated heterocycles. The summed E-state index contributed by atoms with van der Waals surface area (Å²) >= 11 is 0. The molecule has 23 heavy (non-hydrogen) atoms. The van der Waals surface area contributed by atoms with E-state index in [4.69, 9.17) is 5.11 Å². The first kappa shape index (κ1) is 17.0. The second-order valence-electron chi connectivity index (χ2n) is 5.40. The zero-order valence-corrected chi connectivity index (χ0v) is 12.9. The molecule has 0 aromatic heterocycles. The van der Waals surface area contributed by atoms with Gasteiger partial charge in [-0.2, -0.15) is 0 Å². The van der Waals surface area contributed by atoms with Crippen LogP contribution in [0.1, 0.15) is 18.5 Å². The van der Waals surface area contributed by atoms with E-state index in [0.717, 1.165) is 0 Å². The van der Waals surface area contributed by atoms with Crippen molar-refractivity contribution in [2.45, 2.75) is 13.0 Å². The van der Waals surface area contributed by atoms with Crippen molar-refractivity contribution in [2.75, 3.05) is 26.2 Å². The largest absolute Gasteiger partial charge is 0.508 e. The van der Waals surface area contributed by atoms with Crippen LogP contribution in [0, 0.1) is 0 Å². The van der Waals surface area contributed by atoms with E-state index in [1.807, 2.05) is 5.32 Å². The predicted molar refractivity (Wildman–Crippen MR) is 81.6 cm³/mol. The molecule has 0 bridgehead atoms. The number of aromatic hydroxyl groups is 1. The number of aliphatic hydroxyl groups excluding tert-OH is 2. The van der Waals surface area contributed by atoms with Gasteiger partial charge in [-0.25, -0.2) is 0 Å². The number of quaternary nitrogens is 1. The molecule has 7 nitrogen and oxygen atoms in total. The maximum Gasteiger partial charge on any atom is 0.290 e. The fourth-order valence-electron chi connectivity index (χ4n) is 2.71. The van der Waals surface area contributed by atoms with Gasteiger partial charge in [-0.3, -0.25) is 9.59 Å². The molecule has 1 atom stereocenters. The molecule has 1 aliphatic rings. The summed E-state index contributed by atoms with van der Waals surface area (Å²) in [7, 11) is 0. The number of benzene rings is 1. The molecule has 1 heterocycles. The Bertz CT molecular complexity index is 624. The van der Waals surface area contributed by atoms with E-state index in [9.17, 15) is 19.8 Å². The van der Waals surface area contributed by atoms with E-state index >= 15 is 0 Å². The summed E-state index contributed by atoms with van der Waals surface area (Å²) in [5.74, 6) is -1.38. The smallest absolute Gasteiger partial charge is 0.290 e. The predicted octanol–water partition coefficient (Wildman–Crippen LogP) is -0.768. The molecule has 1 aliphatic heterocycles. The molecular formula is C16H21N2O5+. The fraction of sp³-hybridized carbons (Fsp3) is 0.375. The van der Waals surface area contributed by atoms with Crippen LogP contribution in [0.3, 0.4) is 0 Å². The van der Waals surface area contributed by atoms with Crippen LogP contribution in [0.4, 0.5) is 0 Å². The summed E-state index contributed by atoms with van der Waals surface area (Å²) in [5, 5.41) is 30.1. The fourth-order valence-corrected chi connectivity index (χ4v) is 2.71. The van der Waals surface area contributed by atoms with Crippen LogP contribution in [-0.2, 0) is 9.59 Å². The highest BCUT2D eigenvalue weighted by atomic mass is 16.3. The first-order valence-corrected chi connectivity index (χ1v) is 7.43. The molecule has 0 saturated carbocycles. The number of hydrogen-bond donors (Lipinski definition) is 4. The van der Waals surface area contributed by atoms with Crippen LogP contribution in [0.25, 0.3) is 0 Å². The van der Waals surface area contributed by atoms with Gasteiger partial charge in [-0.15, -0.1) is 0 Å². The lowest BCUT2D eigenvalue weighted by atomic mass is 9.96. The average molecular weight is 321 g/mol. The molecule has 1 aromatic carbocycles. The van der Waals surface area contributed by atoms with Gasteiger partial charge in [0, 0.05) is 0 Å². The lowest BCUT2D eigenvalue weighted by Gasteiger charge is -2.26. The standard InChI is InChI=1S/C16H20N2O5/c1-10(20)13-14(11-2-4-12(21)5-3-11)18(16(23)15(13)22)8-6-17-7-9-19/h2-5,14,17,19,21-22H,6-9H2,1H3/p+1/t14-/m0/s1. The summed E-state index contributed by atoms with van der Waals surface area (Å²) in [6.07, 6.45) is 0. The molecule has 1 aromatic rings. The number of amides is 1. The third kappa shape index (κ3) is 3.52. The number of ketones is 1. The number of phenolic OH excluding ortho intramolecular Hbond substituents is 1. The highest BCUT2D eigenvalue weighted by Gasteiger charge is 2.42. The van der Waals surface area contributed by atoms with Gasteiger partial charge < -0.3 is 25.5 Å². The van der Waals surface area contributed by atoms with Crippen molar-refractivity contribution in [3.63, 3.8) is 0 Å². The summed E-state index contributed by atoms with van der Waals surface area (Å²) in [6.45, 7) is 2.74. The van der Waals surface area contributed by atoms with Crippen molar-refractivity contribution in [2.24, 2.45) is 0 Å². The normalized spacial score (nSPS) is 17.9. The molecule has 0 fully saturated rings. The van der Waals surface area contributed by atoms with Crippen LogP contribution >= 0.6 is 0 Å². The Kier molecular flexibility index (Phi) is 5.36. The van der Waals surface area contributed by atoms with Crippen LogP contribution in [0.5, 0.6) is 5.75 Å². The Labute approximate surface area is 133 Å². The second-order valence-corrected chi connectivity index (χ2v) is 5.40. The minimum absolute atomic E-state index is 0.0392. The Hall–Kier alpha value is -2.38. The van der Waals surface area contributed by atoms with Crippen molar-refractivity contribution >= 4 is 11.7 Å². The summed E-state index contributed by atoms with van der Waals surface area (Å²) in [4.78, 5) is 25.6. The van der Waals surface area contributed by atoms with Gasteiger partial charge in [-0.1, -0.05) is 12.1 Å². The Balaban J connectivity index is 2.31. The Morgan fingerprint density at radius 3 is 2.43 bits per heavy atom. The number of carbonyl (C=O) groups is 2. The minimum atomic E-state index is -0.664. The molecular weight excluding hydrogens is 300 g/mol. The van der Waals surface area contributed by atoms with E-state index in [1.165, 1.54) is 24.0 Å². The molecule has 1 amide bonds. The number of nitrogens with zero attached hydrogens (tertiary/aromatic N) is 1. The number of carbonyl (C=O) groups excluding carboxylic acids is 2. The van der Waals surface area contributed by atoms with E-state index in [-0.39, 0.29) is 23.7 Å². The zero-order valence-electron chi connectivity index (χ0n) is 12.9. The van der Waals surface area contributed by atoms with Gasteiger partial charge in [0.05, 0.1) is 37.9 Å². The van der Waals surface area contributed by atoms with E-state index in [1.54, 1.807) is 12.1 Å². The van der Waals surface area contributed by atoms with Gasteiger partial charge in [0.25, 0.3) is 5.91 Å². The highest BCUT2D eigenvalue weighted by molar-refractivity contribution is 6.08. The second kappa shape index (κ2) is 7.26.